The quantitative estimate of drug-likeness (QED) is 0.356. The molecule has 5 nitrogen and oxygen atoms in total. The molecule has 0 unspecified atom stereocenters. The highest BCUT2D eigenvalue weighted by molar-refractivity contribution is 5.92. The Bertz CT molecular complexity index is 427. The van der Waals surface area contributed by atoms with Crippen molar-refractivity contribution in [3.8, 4) is 0 Å². The second-order valence-electron chi connectivity index (χ2n) is 4.29. The highest BCUT2D eigenvalue weighted by Gasteiger charge is 1.99. The van der Waals surface area contributed by atoms with Crippen LogP contribution in [0.5, 0.6) is 0 Å². The molecule has 0 heterocycles. The molecule has 1 aromatic rings. The van der Waals surface area contributed by atoms with Gasteiger partial charge in [-0.3, -0.25) is 9.79 Å². The third-order valence-electron chi connectivity index (χ3n) is 2.62. The average molecular weight is 263 g/mol. The van der Waals surface area contributed by atoms with Gasteiger partial charge in [-0.15, -0.1) is 0 Å². The average Bonchev–Trinajstić information content (AvgIpc) is 2.40. The third-order valence-corrected chi connectivity index (χ3v) is 2.62. The molecular formula is C14H21N3O2. The molecule has 3 N–H and O–H groups in total. The van der Waals surface area contributed by atoms with E-state index < -0.39 is 0 Å². The Morgan fingerprint density at radius 1 is 1.32 bits per heavy atom. The van der Waals surface area contributed by atoms with E-state index in [9.17, 15) is 4.79 Å². The Balaban J connectivity index is 2.25. The van der Waals surface area contributed by atoms with Gasteiger partial charge in [-0.1, -0.05) is 17.7 Å². The number of hydrogen-bond donors (Lipinski definition) is 2. The maximum atomic E-state index is 10.9. The smallest absolute Gasteiger partial charge is 0.305 e. The fourth-order valence-corrected chi connectivity index (χ4v) is 1.51. The van der Waals surface area contributed by atoms with E-state index >= 15 is 0 Å². The highest BCUT2D eigenvalue weighted by atomic mass is 16.5. The lowest BCUT2D eigenvalue weighted by Crippen LogP contribution is -2.22. The van der Waals surface area contributed by atoms with E-state index in [-0.39, 0.29) is 5.97 Å². The first-order chi connectivity index (χ1) is 9.11. The van der Waals surface area contributed by atoms with Gasteiger partial charge < -0.3 is 15.8 Å². The number of benzene rings is 1. The maximum absolute atomic E-state index is 10.9. The summed E-state index contributed by atoms with van der Waals surface area (Å²) in [5.74, 6) is 0.205. The lowest BCUT2D eigenvalue weighted by Gasteiger charge is -2.05. The van der Waals surface area contributed by atoms with Crippen LogP contribution in [0.15, 0.2) is 29.3 Å². The number of hydrogen-bond acceptors (Lipinski definition) is 3. The molecule has 0 amide bonds. The Morgan fingerprint density at radius 3 is 2.63 bits per heavy atom. The molecule has 0 fully saturated rings. The monoisotopic (exact) mass is 263 g/mol. The summed E-state index contributed by atoms with van der Waals surface area (Å²) in [5, 5.41) is 3.02. The first-order valence-electron chi connectivity index (χ1n) is 6.32. The fourth-order valence-electron chi connectivity index (χ4n) is 1.51. The molecule has 1 aromatic carbocycles. The van der Waals surface area contributed by atoms with Crippen LogP contribution in [0, 0.1) is 6.92 Å². The fraction of sp³-hybridized carbons (Fsp3) is 0.429. The Labute approximate surface area is 113 Å². The largest absolute Gasteiger partial charge is 0.469 e. The number of ether oxygens (including phenoxy) is 1. The summed E-state index contributed by atoms with van der Waals surface area (Å²) in [5.41, 5.74) is 7.88. The topological polar surface area (TPSA) is 76.7 Å². The van der Waals surface area contributed by atoms with Crippen molar-refractivity contribution in [1.29, 1.82) is 0 Å². The molecule has 0 aromatic heterocycles. The van der Waals surface area contributed by atoms with Gasteiger partial charge in [0.15, 0.2) is 5.96 Å². The van der Waals surface area contributed by atoms with E-state index in [1.54, 1.807) is 0 Å². The SMILES string of the molecule is COC(=O)CCCCN=C(N)Nc1ccc(C)cc1. The van der Waals surface area contributed by atoms with Gasteiger partial charge in [-0.25, -0.2) is 0 Å². The highest BCUT2D eigenvalue weighted by Crippen LogP contribution is 2.07. The summed E-state index contributed by atoms with van der Waals surface area (Å²) < 4.78 is 4.55. The zero-order valence-electron chi connectivity index (χ0n) is 11.5. The lowest BCUT2D eigenvalue weighted by atomic mass is 10.2. The van der Waals surface area contributed by atoms with Crippen LogP contribution in [0.4, 0.5) is 5.69 Å². The predicted octanol–water partition coefficient (Wildman–Crippen LogP) is 2.06. The van der Waals surface area contributed by atoms with Gasteiger partial charge in [0.25, 0.3) is 0 Å². The van der Waals surface area contributed by atoms with Gasteiger partial charge in [0.2, 0.25) is 0 Å². The summed E-state index contributed by atoms with van der Waals surface area (Å²) in [4.78, 5) is 15.1. The summed E-state index contributed by atoms with van der Waals surface area (Å²) in [6, 6.07) is 7.92. The third kappa shape index (κ3) is 6.45. The van der Waals surface area contributed by atoms with Gasteiger partial charge in [0.05, 0.1) is 7.11 Å². The van der Waals surface area contributed by atoms with E-state index in [1.165, 1.54) is 12.7 Å². The number of nitrogens with one attached hydrogen (secondary N) is 1. The molecule has 0 radical (unpaired) electrons. The number of carbonyl (C=O) groups is 1. The van der Waals surface area contributed by atoms with Crippen LogP contribution in [-0.4, -0.2) is 25.6 Å². The number of anilines is 1. The van der Waals surface area contributed by atoms with Crippen LogP contribution >= 0.6 is 0 Å². The van der Waals surface area contributed by atoms with Crippen molar-refractivity contribution in [3.63, 3.8) is 0 Å². The number of methoxy groups -OCH3 is 1. The molecule has 0 aliphatic rings. The first-order valence-corrected chi connectivity index (χ1v) is 6.32. The zero-order valence-corrected chi connectivity index (χ0v) is 11.5. The molecule has 1 rings (SSSR count). The maximum Gasteiger partial charge on any atom is 0.305 e. The molecule has 19 heavy (non-hydrogen) atoms. The van der Waals surface area contributed by atoms with Crippen LogP contribution in [0.25, 0.3) is 0 Å². The van der Waals surface area contributed by atoms with Crippen molar-refractivity contribution >= 4 is 17.6 Å². The number of nitrogens with zero attached hydrogens (tertiary/aromatic N) is 1. The van der Waals surface area contributed by atoms with Crippen molar-refractivity contribution in [1.82, 2.24) is 0 Å². The van der Waals surface area contributed by atoms with Crippen LogP contribution in [0.1, 0.15) is 24.8 Å². The second kappa shape index (κ2) is 8.13. The van der Waals surface area contributed by atoms with Gasteiger partial charge in [0, 0.05) is 18.7 Å². The molecular weight excluding hydrogens is 242 g/mol. The Kier molecular flexibility index (Phi) is 6.43. The van der Waals surface area contributed by atoms with Gasteiger partial charge in [-0.05, 0) is 31.9 Å². The summed E-state index contributed by atoms with van der Waals surface area (Å²) in [6.45, 7) is 2.63. The number of nitrogens with two attached hydrogens (primary N) is 1. The van der Waals surface area contributed by atoms with Gasteiger partial charge in [-0.2, -0.15) is 0 Å². The zero-order chi connectivity index (χ0) is 14.1. The number of carbonyl (C=O) groups excluding carboxylic acids is 1. The minimum atomic E-state index is -0.185. The number of esters is 1. The van der Waals surface area contributed by atoms with E-state index in [2.05, 4.69) is 15.0 Å². The molecule has 0 aliphatic heterocycles. The van der Waals surface area contributed by atoms with Crippen molar-refractivity contribution in [2.45, 2.75) is 26.2 Å². The summed E-state index contributed by atoms with van der Waals surface area (Å²) in [7, 11) is 1.39. The minimum absolute atomic E-state index is 0.185. The van der Waals surface area contributed by atoms with Crippen LogP contribution in [0.3, 0.4) is 0 Å². The van der Waals surface area contributed by atoms with E-state index in [1.807, 2.05) is 31.2 Å². The van der Waals surface area contributed by atoms with Crippen LogP contribution in [0.2, 0.25) is 0 Å². The van der Waals surface area contributed by atoms with E-state index in [0.717, 1.165) is 18.5 Å². The molecule has 0 spiro atoms. The van der Waals surface area contributed by atoms with Crippen LogP contribution < -0.4 is 11.1 Å². The number of guanidine groups is 1. The van der Waals surface area contributed by atoms with Crippen molar-refractivity contribution in [2.75, 3.05) is 19.0 Å². The normalized spacial score (nSPS) is 11.2. The second-order valence-corrected chi connectivity index (χ2v) is 4.29. The molecule has 0 saturated heterocycles. The molecule has 0 aliphatic carbocycles. The molecule has 0 saturated carbocycles. The molecule has 104 valence electrons. The predicted molar refractivity (Wildman–Crippen MR) is 77.2 cm³/mol. The number of unbranched alkanes of at least 4 members (excludes halogenated alkanes) is 1. The first kappa shape index (κ1) is 15.0. The van der Waals surface area contributed by atoms with Crippen molar-refractivity contribution < 1.29 is 9.53 Å². The van der Waals surface area contributed by atoms with Crippen LogP contribution in [-0.2, 0) is 9.53 Å². The standard InChI is InChI=1S/C14H21N3O2/c1-11-6-8-12(9-7-11)17-14(15)16-10-4-3-5-13(18)19-2/h6-9H,3-5,10H2,1-2H3,(H3,15,16,17). The number of aliphatic imine (C=N–C) groups is 1. The Morgan fingerprint density at radius 2 is 2.00 bits per heavy atom. The summed E-state index contributed by atoms with van der Waals surface area (Å²) >= 11 is 0. The number of rotatable bonds is 6. The van der Waals surface area contributed by atoms with Crippen molar-refractivity contribution in [3.05, 3.63) is 29.8 Å². The van der Waals surface area contributed by atoms with Gasteiger partial charge in [0.1, 0.15) is 0 Å². The van der Waals surface area contributed by atoms with Crippen molar-refractivity contribution in [2.24, 2.45) is 10.7 Å². The van der Waals surface area contributed by atoms with E-state index in [0.29, 0.717) is 18.9 Å². The molecule has 5 heteroatoms. The Hall–Kier alpha value is -2.04. The molecule has 0 bridgehead atoms. The molecule has 0 atom stereocenters. The van der Waals surface area contributed by atoms with E-state index in [4.69, 9.17) is 5.73 Å². The van der Waals surface area contributed by atoms with Gasteiger partial charge >= 0.3 is 5.97 Å². The lowest BCUT2D eigenvalue weighted by molar-refractivity contribution is -0.140. The number of aryl methyl sites for hydroxylation is 1. The summed E-state index contributed by atoms with van der Waals surface area (Å²) in [6.07, 6.45) is 2.00. The minimum Gasteiger partial charge on any atom is -0.469 e.